The van der Waals surface area contributed by atoms with Crippen molar-refractivity contribution in [2.24, 2.45) is 0 Å². The molecule has 0 spiro atoms. The average molecular weight is 259 g/mol. The van der Waals surface area contributed by atoms with Gasteiger partial charge in [-0.1, -0.05) is 35.9 Å². The van der Waals surface area contributed by atoms with Gasteiger partial charge in [0.1, 0.15) is 5.15 Å². The summed E-state index contributed by atoms with van der Waals surface area (Å²) in [7, 11) is 0. The van der Waals surface area contributed by atoms with Crippen molar-refractivity contribution in [3.8, 4) is 0 Å². The van der Waals surface area contributed by atoms with Gasteiger partial charge in [-0.25, -0.2) is 4.98 Å². The largest absolute Gasteiger partial charge is 0.330 e. The van der Waals surface area contributed by atoms with Crippen LogP contribution in [0.2, 0.25) is 5.15 Å². The van der Waals surface area contributed by atoms with E-state index in [1.54, 1.807) is 12.1 Å². The van der Waals surface area contributed by atoms with Gasteiger partial charge in [0, 0.05) is 19.3 Å². The van der Waals surface area contributed by atoms with Crippen molar-refractivity contribution in [3.63, 3.8) is 0 Å². The van der Waals surface area contributed by atoms with Crippen LogP contribution in [0.5, 0.6) is 0 Å². The fourth-order valence-corrected chi connectivity index (χ4v) is 2.27. The van der Waals surface area contributed by atoms with Crippen molar-refractivity contribution in [1.29, 1.82) is 0 Å². The van der Waals surface area contributed by atoms with Crippen LogP contribution in [0.4, 0.5) is 0 Å². The van der Waals surface area contributed by atoms with Crippen molar-refractivity contribution >= 4 is 17.5 Å². The maximum atomic E-state index is 12.3. The summed E-state index contributed by atoms with van der Waals surface area (Å²) >= 11 is 5.71. The summed E-state index contributed by atoms with van der Waals surface area (Å²) in [5.41, 5.74) is 3.01. The third kappa shape index (κ3) is 1.97. The smallest absolute Gasteiger partial charge is 0.256 e. The Morgan fingerprint density at radius 3 is 2.33 bits per heavy atom. The molecule has 1 aliphatic rings. The normalized spacial score (nSPS) is 13.5. The zero-order valence-electron chi connectivity index (χ0n) is 9.64. The molecule has 0 atom stereocenters. The first-order valence-corrected chi connectivity index (χ1v) is 6.09. The van der Waals surface area contributed by atoms with Crippen LogP contribution in [0.15, 0.2) is 42.6 Å². The van der Waals surface area contributed by atoms with Gasteiger partial charge in [-0.05, 0) is 23.3 Å². The molecule has 0 saturated heterocycles. The van der Waals surface area contributed by atoms with Crippen molar-refractivity contribution in [2.45, 2.75) is 13.1 Å². The number of hydrogen-bond acceptors (Lipinski definition) is 2. The average Bonchev–Trinajstić information content (AvgIpc) is 2.82. The van der Waals surface area contributed by atoms with Crippen molar-refractivity contribution in [3.05, 3.63) is 64.4 Å². The maximum Gasteiger partial charge on any atom is 0.256 e. The molecule has 4 heteroatoms. The highest BCUT2D eigenvalue weighted by molar-refractivity contribution is 6.29. The summed E-state index contributed by atoms with van der Waals surface area (Å²) in [6, 6.07) is 11.5. The Hall–Kier alpha value is -1.87. The van der Waals surface area contributed by atoms with Gasteiger partial charge in [0.05, 0.1) is 5.56 Å². The van der Waals surface area contributed by atoms with Crippen LogP contribution in [-0.4, -0.2) is 15.8 Å². The van der Waals surface area contributed by atoms with Gasteiger partial charge in [-0.3, -0.25) is 4.79 Å². The van der Waals surface area contributed by atoms with E-state index in [2.05, 4.69) is 17.1 Å². The topological polar surface area (TPSA) is 33.2 Å². The van der Waals surface area contributed by atoms with E-state index in [1.807, 2.05) is 17.0 Å². The SMILES string of the molecule is O=C(c1ccc(Cl)nc1)N1Cc2ccccc2C1. The highest BCUT2D eigenvalue weighted by Crippen LogP contribution is 2.23. The highest BCUT2D eigenvalue weighted by Gasteiger charge is 2.23. The van der Waals surface area contributed by atoms with Crippen LogP contribution in [0.1, 0.15) is 21.5 Å². The van der Waals surface area contributed by atoms with E-state index in [4.69, 9.17) is 11.6 Å². The minimum absolute atomic E-state index is 0.00429. The minimum Gasteiger partial charge on any atom is -0.330 e. The molecule has 0 saturated carbocycles. The van der Waals surface area contributed by atoms with Crippen LogP contribution in [0.3, 0.4) is 0 Å². The number of hydrogen-bond donors (Lipinski definition) is 0. The molecule has 1 aliphatic heterocycles. The molecule has 3 rings (SSSR count). The molecule has 1 aromatic carbocycles. The zero-order chi connectivity index (χ0) is 12.5. The standard InChI is InChI=1S/C14H11ClN2O/c15-13-6-5-10(7-16-13)14(18)17-8-11-3-1-2-4-12(11)9-17/h1-7H,8-9H2. The van der Waals surface area contributed by atoms with Gasteiger partial charge in [0.15, 0.2) is 0 Å². The predicted molar refractivity (Wildman–Crippen MR) is 69.3 cm³/mol. The van der Waals surface area contributed by atoms with Crippen LogP contribution < -0.4 is 0 Å². The third-order valence-electron chi connectivity index (χ3n) is 3.10. The Balaban J connectivity index is 1.82. The number of amides is 1. The number of nitrogens with zero attached hydrogens (tertiary/aromatic N) is 2. The molecule has 0 unspecified atom stereocenters. The van der Waals surface area contributed by atoms with Gasteiger partial charge in [0.25, 0.3) is 5.91 Å². The zero-order valence-corrected chi connectivity index (χ0v) is 10.4. The summed E-state index contributed by atoms with van der Waals surface area (Å²) in [6.07, 6.45) is 1.52. The van der Waals surface area contributed by atoms with Gasteiger partial charge in [0.2, 0.25) is 0 Å². The van der Waals surface area contributed by atoms with Crippen molar-refractivity contribution < 1.29 is 4.79 Å². The fourth-order valence-electron chi connectivity index (χ4n) is 2.16. The molecule has 1 amide bonds. The summed E-state index contributed by atoms with van der Waals surface area (Å²) in [5.74, 6) is -0.00429. The Morgan fingerprint density at radius 2 is 1.78 bits per heavy atom. The highest BCUT2D eigenvalue weighted by atomic mass is 35.5. The van der Waals surface area contributed by atoms with E-state index >= 15 is 0 Å². The number of halogens is 1. The van der Waals surface area contributed by atoms with Crippen molar-refractivity contribution in [1.82, 2.24) is 9.88 Å². The summed E-state index contributed by atoms with van der Waals surface area (Å²) < 4.78 is 0. The molecule has 3 nitrogen and oxygen atoms in total. The number of carbonyl (C=O) groups excluding carboxylic acids is 1. The lowest BCUT2D eigenvalue weighted by Gasteiger charge is -2.15. The monoisotopic (exact) mass is 258 g/mol. The van der Waals surface area contributed by atoms with Crippen molar-refractivity contribution in [2.75, 3.05) is 0 Å². The van der Waals surface area contributed by atoms with Crippen LogP contribution in [0, 0.1) is 0 Å². The second kappa shape index (κ2) is 4.42. The van der Waals surface area contributed by atoms with E-state index in [0.29, 0.717) is 23.8 Å². The molecule has 2 aromatic rings. The molecule has 90 valence electrons. The summed E-state index contributed by atoms with van der Waals surface area (Å²) in [4.78, 5) is 18.0. The number of aromatic nitrogens is 1. The second-order valence-corrected chi connectivity index (χ2v) is 4.69. The third-order valence-corrected chi connectivity index (χ3v) is 3.33. The molecular formula is C14H11ClN2O. The van der Waals surface area contributed by atoms with Gasteiger partial charge >= 0.3 is 0 Å². The molecule has 18 heavy (non-hydrogen) atoms. The molecule has 0 bridgehead atoms. The Kier molecular flexibility index (Phi) is 2.76. The molecule has 0 aliphatic carbocycles. The number of fused-ring (bicyclic) bond motifs is 1. The molecule has 0 radical (unpaired) electrons. The van der Waals surface area contributed by atoms with Gasteiger partial charge in [-0.2, -0.15) is 0 Å². The quantitative estimate of drug-likeness (QED) is 0.737. The Morgan fingerprint density at radius 1 is 1.11 bits per heavy atom. The van der Waals surface area contributed by atoms with Crippen LogP contribution in [-0.2, 0) is 13.1 Å². The first-order chi connectivity index (χ1) is 8.74. The maximum absolute atomic E-state index is 12.3. The first-order valence-electron chi connectivity index (χ1n) is 5.71. The molecule has 2 heterocycles. The van der Waals surface area contributed by atoms with E-state index in [0.717, 1.165) is 0 Å². The number of carbonyl (C=O) groups is 1. The fraction of sp³-hybridized carbons (Fsp3) is 0.143. The lowest BCUT2D eigenvalue weighted by molar-refractivity contribution is 0.0751. The van der Waals surface area contributed by atoms with Gasteiger partial charge in [-0.15, -0.1) is 0 Å². The van der Waals surface area contributed by atoms with Crippen LogP contribution >= 0.6 is 11.6 Å². The molecule has 0 fully saturated rings. The minimum atomic E-state index is -0.00429. The van der Waals surface area contributed by atoms with E-state index in [1.165, 1.54) is 17.3 Å². The number of rotatable bonds is 1. The summed E-state index contributed by atoms with van der Waals surface area (Å²) in [5, 5.41) is 0.399. The number of benzene rings is 1. The lowest BCUT2D eigenvalue weighted by Crippen LogP contribution is -2.25. The molecule has 0 N–H and O–H groups in total. The lowest BCUT2D eigenvalue weighted by atomic mass is 10.1. The van der Waals surface area contributed by atoms with E-state index in [9.17, 15) is 4.79 Å². The van der Waals surface area contributed by atoms with Crippen LogP contribution in [0.25, 0.3) is 0 Å². The first kappa shape index (κ1) is 11.2. The van der Waals surface area contributed by atoms with Gasteiger partial charge < -0.3 is 4.90 Å². The van der Waals surface area contributed by atoms with E-state index < -0.39 is 0 Å². The molecular weight excluding hydrogens is 248 g/mol. The molecule has 1 aromatic heterocycles. The second-order valence-electron chi connectivity index (χ2n) is 4.30. The number of pyridine rings is 1. The summed E-state index contributed by atoms with van der Waals surface area (Å²) in [6.45, 7) is 1.33. The van der Waals surface area contributed by atoms with E-state index in [-0.39, 0.29) is 5.91 Å². The predicted octanol–water partition coefficient (Wildman–Crippen LogP) is 2.89. The Labute approximate surface area is 110 Å². The Bertz CT molecular complexity index is 570.